The first-order valence-corrected chi connectivity index (χ1v) is 35.6. The second-order valence-corrected chi connectivity index (χ2v) is 32.8. The van der Waals surface area contributed by atoms with Gasteiger partial charge < -0.3 is 27.8 Å². The third kappa shape index (κ3) is 11.4. The monoisotopic (exact) mass is 1370 g/mol. The van der Waals surface area contributed by atoms with Crippen molar-refractivity contribution in [3.05, 3.63) is 300 Å². The van der Waals surface area contributed by atoms with Gasteiger partial charge in [0.1, 0.15) is 22.3 Å². The molecule has 13 aromatic carbocycles. The zero-order valence-electron chi connectivity index (χ0n) is 77.3. The van der Waals surface area contributed by atoms with E-state index in [2.05, 4.69) is 193 Å². The third-order valence-corrected chi connectivity index (χ3v) is 20.5. The second-order valence-electron chi connectivity index (χ2n) is 32.8. The van der Waals surface area contributed by atoms with Crippen molar-refractivity contribution in [2.24, 2.45) is 0 Å². The van der Waals surface area contributed by atoms with Crippen molar-refractivity contribution in [2.45, 2.75) is 131 Å². The molecule has 0 fully saturated rings. The lowest BCUT2D eigenvalue weighted by Gasteiger charge is -2.33. The van der Waals surface area contributed by atoms with E-state index in [-0.39, 0.29) is 65.3 Å². The second kappa shape index (κ2) is 24.1. The Labute approximate surface area is 633 Å². The summed E-state index contributed by atoms with van der Waals surface area (Å²) in [5, 5.41) is 2.74. The Balaban J connectivity index is 0.999. The van der Waals surface area contributed by atoms with Crippen molar-refractivity contribution >= 4 is 122 Å². The summed E-state index contributed by atoms with van der Waals surface area (Å²) in [5.74, 6) is 0. The van der Waals surface area contributed by atoms with Gasteiger partial charge >= 0.3 is 0 Å². The van der Waals surface area contributed by atoms with Gasteiger partial charge in [-0.15, -0.1) is 0 Å². The summed E-state index contributed by atoms with van der Waals surface area (Å²) in [7, 11) is 0. The number of hydrogen-bond donors (Lipinski definition) is 0. The molecular weight excluding hydrogens is 1270 g/mol. The molecule has 0 radical (unpaired) electrons. The van der Waals surface area contributed by atoms with Crippen LogP contribution in [-0.2, 0) is 27.1 Å². The summed E-state index contributed by atoms with van der Waals surface area (Å²) >= 11 is 0. The molecule has 17 rings (SSSR count). The van der Waals surface area contributed by atoms with E-state index in [9.17, 15) is 11.0 Å². The molecule has 0 atom stereocenters. The van der Waals surface area contributed by atoms with Gasteiger partial charge in [0, 0.05) is 66.4 Å². The summed E-state index contributed by atoms with van der Waals surface area (Å²) in [6.45, 7) is 33.0. The van der Waals surface area contributed by atoms with Gasteiger partial charge in [0.15, 0.2) is 0 Å². The van der Waals surface area contributed by atoms with E-state index in [0.717, 1.165) is 49.4 Å². The minimum atomic E-state index is -0.663. The highest BCUT2D eigenvalue weighted by molar-refractivity contribution is 6.17. The van der Waals surface area contributed by atoms with E-state index in [0.29, 0.717) is 67.8 Å². The smallest absolute Gasteiger partial charge is 0.137 e. The molecular formula is C98H90N4O2. The fourth-order valence-corrected chi connectivity index (χ4v) is 14.7. The quantitative estimate of drug-likeness (QED) is 0.137. The molecule has 0 N–H and O–H groups in total. The number of fused-ring (bicyclic) bond motifs is 12. The number of rotatable bonds is 10. The van der Waals surface area contributed by atoms with Gasteiger partial charge in [-0.2, -0.15) is 0 Å². The highest BCUT2D eigenvalue weighted by Gasteiger charge is 2.30. The Morgan fingerprint density at radius 1 is 0.269 bits per heavy atom. The summed E-state index contributed by atoms with van der Waals surface area (Å²) < 4.78 is 166. The van der Waals surface area contributed by atoms with Crippen LogP contribution in [0, 0.1) is 0 Å². The highest BCUT2D eigenvalue weighted by Crippen LogP contribution is 2.51. The summed E-state index contributed by atoms with van der Waals surface area (Å²) in [6.07, 6.45) is 0. The minimum Gasteiger partial charge on any atom is -0.456 e. The number of furan rings is 2. The first-order valence-electron chi connectivity index (χ1n) is 43.6. The Morgan fingerprint density at radius 3 is 0.923 bits per heavy atom. The van der Waals surface area contributed by atoms with Crippen LogP contribution < -0.4 is 9.80 Å². The Hall–Kier alpha value is -11.3. The van der Waals surface area contributed by atoms with Crippen LogP contribution in [0.15, 0.2) is 281 Å². The topological polar surface area (TPSA) is 42.6 Å². The van der Waals surface area contributed by atoms with Crippen molar-refractivity contribution in [3.8, 4) is 33.6 Å². The number of hydrogen-bond acceptors (Lipinski definition) is 4. The van der Waals surface area contributed by atoms with E-state index in [1.54, 1.807) is 12.1 Å². The lowest BCUT2D eigenvalue weighted by atomic mass is 9.79. The van der Waals surface area contributed by atoms with E-state index in [4.69, 9.17) is 19.8 Å². The molecule has 4 heterocycles. The molecule has 0 bridgehead atoms. The van der Waals surface area contributed by atoms with Crippen LogP contribution in [0.5, 0.6) is 0 Å². The van der Waals surface area contributed by atoms with Gasteiger partial charge in [0.05, 0.1) is 66.1 Å². The molecule has 0 spiro atoms. The van der Waals surface area contributed by atoms with Gasteiger partial charge in [0.2, 0.25) is 0 Å². The lowest BCUT2D eigenvalue weighted by Crippen LogP contribution is -2.18. The summed E-state index contributed by atoms with van der Waals surface area (Å²) in [4.78, 5) is 4.24. The average molecular weight is 1370 g/mol. The lowest BCUT2D eigenvalue weighted by molar-refractivity contribution is 0.568. The van der Waals surface area contributed by atoms with Crippen molar-refractivity contribution in [1.29, 1.82) is 0 Å². The predicted molar refractivity (Wildman–Crippen MR) is 443 cm³/mol. The number of anilines is 6. The Kier molecular flexibility index (Phi) is 11.6. The van der Waals surface area contributed by atoms with Crippen LogP contribution in [-0.4, -0.2) is 9.13 Å². The molecule has 0 aliphatic rings. The molecule has 0 aliphatic heterocycles. The fraction of sp³-hybridized carbons (Fsp3) is 0.204. The molecule has 6 nitrogen and oxygen atoms in total. The SMILES string of the molecule is [2H]c1c([2H])c([2H])c2c(c1[2H])c1c([2H])c([2H])c([2H])c([2H])c1n2-c1cccc(N(c2cc(N(c3cccc(-n4c5c([2H])c([2H])c([2H])c([2H])c5c5c([2H])c([2H])c([2H])c([2H])c54)c3)c3cccc4oc5ccc(-c6cc(C(C)(C)C)cc(C(C)(C)C)c6)cc5c34)cc(C(C)(C)C)c2)c2cccc3oc4ccc(-c5cc(C(C)(C)C)cc(C(C)(C)C)c5)cc4c23)c1. The van der Waals surface area contributed by atoms with E-state index in [1.165, 1.54) is 31.4 Å². The number of para-hydroxylation sites is 4. The molecule has 0 aliphatic carbocycles. The van der Waals surface area contributed by atoms with Crippen LogP contribution >= 0.6 is 0 Å². The standard InChI is InChI=1S/C98H90N4O2/c1-94(2,3)65-48-63(49-66(54-65)95(4,5)6)61-44-46-88-80(52-61)92-86(40-26-42-90(92)103-88)99(70-28-24-30-72(58-70)101-82-36-20-16-32-76(82)77-33-17-21-37-83(77)101)74-56-69(98(13,14)15)57-75(60-74)100(71-29-25-31-73(59-71)102-84-38-22-18-34-78(84)79-35-19-23-39-85(79)102)87-41-27-43-91-93(87)81-53-62(45-47-89(81)104-91)64-50-67(96(7,8)9)55-68(51-64)97(10,11)12/h16-60H,1-15H3/i16D,17D,18D,19D,20D,21D,22D,23D,32D,33D,34D,35D,36D,37D,38D,39D. The minimum absolute atomic E-state index is 0.0510. The van der Waals surface area contributed by atoms with E-state index in [1.807, 2.05) is 84.9 Å². The molecule has 17 aromatic rings. The molecule has 6 heteroatoms. The van der Waals surface area contributed by atoms with Crippen molar-refractivity contribution < 1.29 is 30.8 Å². The maximum absolute atomic E-state index is 9.67. The number of aromatic nitrogens is 2. The molecule has 0 saturated carbocycles. The fourth-order valence-electron chi connectivity index (χ4n) is 14.7. The maximum Gasteiger partial charge on any atom is 0.137 e. The van der Waals surface area contributed by atoms with Gasteiger partial charge in [-0.3, -0.25) is 0 Å². The van der Waals surface area contributed by atoms with Gasteiger partial charge in [-0.25, -0.2) is 0 Å². The largest absolute Gasteiger partial charge is 0.456 e. The van der Waals surface area contributed by atoms with E-state index >= 15 is 0 Å². The molecule has 4 aromatic heterocycles. The molecule has 514 valence electrons. The summed E-state index contributed by atoms with van der Waals surface area (Å²) in [5.41, 5.74) is 14.2. The van der Waals surface area contributed by atoms with Crippen LogP contribution in [0.1, 0.15) is 154 Å². The van der Waals surface area contributed by atoms with Gasteiger partial charge in [-0.1, -0.05) is 249 Å². The normalized spacial score (nSPS) is 14.9. The van der Waals surface area contributed by atoms with Gasteiger partial charge in [0.25, 0.3) is 0 Å². The van der Waals surface area contributed by atoms with Gasteiger partial charge in [-0.05, 0) is 204 Å². The molecule has 104 heavy (non-hydrogen) atoms. The first-order chi connectivity index (χ1) is 56.3. The Bertz CT molecular complexity index is 6650. The number of benzene rings is 13. The Morgan fingerprint density at radius 2 is 0.587 bits per heavy atom. The zero-order chi connectivity index (χ0) is 86.0. The zero-order valence-corrected chi connectivity index (χ0v) is 61.3. The molecule has 0 amide bonds. The maximum atomic E-state index is 9.67. The van der Waals surface area contributed by atoms with Crippen molar-refractivity contribution in [2.75, 3.05) is 9.80 Å². The van der Waals surface area contributed by atoms with Crippen LogP contribution in [0.25, 0.3) is 121 Å². The van der Waals surface area contributed by atoms with E-state index < -0.39 is 102 Å². The first kappa shape index (κ1) is 50.1. The van der Waals surface area contributed by atoms with Crippen molar-refractivity contribution in [3.63, 3.8) is 0 Å². The number of nitrogens with zero attached hydrogens (tertiary/aromatic N) is 4. The summed E-state index contributed by atoms with van der Waals surface area (Å²) in [6, 6.07) is 50.9. The predicted octanol–water partition coefficient (Wildman–Crippen LogP) is 28.4. The van der Waals surface area contributed by atoms with Crippen LogP contribution in [0.2, 0.25) is 0 Å². The van der Waals surface area contributed by atoms with Crippen molar-refractivity contribution in [1.82, 2.24) is 9.13 Å². The molecule has 0 unspecified atom stereocenters. The van der Waals surface area contributed by atoms with Crippen LogP contribution in [0.3, 0.4) is 0 Å². The highest BCUT2D eigenvalue weighted by atomic mass is 16.3. The molecule has 0 saturated heterocycles. The van der Waals surface area contributed by atoms with Crippen LogP contribution in [0.4, 0.5) is 34.1 Å². The average Bonchev–Trinajstić information content (AvgIpc) is 1.56. The third-order valence-electron chi connectivity index (χ3n) is 20.5.